The topological polar surface area (TPSA) is 41.6 Å². The van der Waals surface area contributed by atoms with Crippen molar-refractivity contribution in [3.63, 3.8) is 0 Å². The number of amides is 1. The number of benzene rings is 3. The summed E-state index contributed by atoms with van der Waals surface area (Å²) in [6.07, 6.45) is 1.04. The fraction of sp³-hybridized carbons (Fsp3) is 0.208. The molecule has 1 aliphatic rings. The average molecular weight is 451 g/mol. The molecule has 0 radical (unpaired) electrons. The summed E-state index contributed by atoms with van der Waals surface area (Å²) >= 11 is 3.46. The van der Waals surface area contributed by atoms with Crippen molar-refractivity contribution in [3.05, 3.63) is 87.4 Å². The quantitative estimate of drug-likeness (QED) is 0.563. The van der Waals surface area contributed by atoms with Gasteiger partial charge in [-0.3, -0.25) is 4.79 Å². The van der Waals surface area contributed by atoms with E-state index >= 15 is 0 Å². The molecule has 1 amide bonds. The number of carbonyl (C=O) groups is 1. The first-order chi connectivity index (χ1) is 14.0. The molecule has 148 valence electrons. The number of nitrogens with one attached hydrogen (secondary N) is 1. The minimum absolute atomic E-state index is 0.149. The van der Waals surface area contributed by atoms with E-state index in [0.717, 1.165) is 35.2 Å². The molecule has 0 fully saturated rings. The fourth-order valence-corrected chi connectivity index (χ4v) is 4.31. The maximum atomic E-state index is 12.8. The predicted molar refractivity (Wildman–Crippen MR) is 121 cm³/mol. The van der Waals surface area contributed by atoms with E-state index in [1.807, 2.05) is 43.3 Å². The van der Waals surface area contributed by atoms with E-state index in [4.69, 9.17) is 4.74 Å². The number of anilines is 2. The largest absolute Gasteiger partial charge is 0.495 e. The first-order valence-electron chi connectivity index (χ1n) is 9.62. The number of methoxy groups -OCH3 is 1. The lowest BCUT2D eigenvalue weighted by atomic mass is 9.99. The summed E-state index contributed by atoms with van der Waals surface area (Å²) in [5.41, 5.74) is 6.19. The highest BCUT2D eigenvalue weighted by Crippen LogP contribution is 2.32. The molecule has 3 aromatic rings. The molecule has 0 bridgehead atoms. The second-order valence-electron chi connectivity index (χ2n) is 7.24. The number of rotatable bonds is 4. The van der Waals surface area contributed by atoms with Crippen molar-refractivity contribution in [1.29, 1.82) is 0 Å². The van der Waals surface area contributed by atoms with Crippen LogP contribution >= 0.6 is 15.9 Å². The summed E-state index contributed by atoms with van der Waals surface area (Å²) < 4.78 is 6.33. The Morgan fingerprint density at radius 3 is 2.52 bits per heavy atom. The summed E-state index contributed by atoms with van der Waals surface area (Å²) in [5.74, 6) is 0.484. The Bertz CT molecular complexity index is 1050. The number of hydrogen-bond acceptors (Lipinski definition) is 3. The normalized spacial score (nSPS) is 13.0. The Balaban J connectivity index is 1.49. The molecule has 1 N–H and O–H groups in total. The van der Waals surface area contributed by atoms with Crippen molar-refractivity contribution >= 4 is 33.2 Å². The van der Waals surface area contributed by atoms with Crippen molar-refractivity contribution in [2.75, 3.05) is 23.9 Å². The molecule has 1 aliphatic heterocycles. The Morgan fingerprint density at radius 1 is 1.07 bits per heavy atom. The van der Waals surface area contributed by atoms with Crippen LogP contribution in [0.2, 0.25) is 0 Å². The van der Waals surface area contributed by atoms with Crippen LogP contribution in [0.1, 0.15) is 27.0 Å². The van der Waals surface area contributed by atoms with Gasteiger partial charge in [0.2, 0.25) is 0 Å². The van der Waals surface area contributed by atoms with Crippen LogP contribution in [0.4, 0.5) is 11.4 Å². The van der Waals surface area contributed by atoms with E-state index in [-0.39, 0.29) is 5.91 Å². The highest BCUT2D eigenvalue weighted by molar-refractivity contribution is 9.10. The summed E-state index contributed by atoms with van der Waals surface area (Å²) in [4.78, 5) is 15.1. The highest BCUT2D eigenvalue weighted by atomic mass is 79.9. The van der Waals surface area contributed by atoms with E-state index in [1.54, 1.807) is 7.11 Å². The molecule has 0 saturated heterocycles. The molecule has 0 saturated carbocycles. The molecule has 0 atom stereocenters. The first-order valence-corrected chi connectivity index (χ1v) is 10.4. The van der Waals surface area contributed by atoms with Gasteiger partial charge in [-0.25, -0.2) is 0 Å². The molecular formula is C24H23BrN2O2. The lowest BCUT2D eigenvalue weighted by Gasteiger charge is -2.30. The summed E-state index contributed by atoms with van der Waals surface area (Å²) in [6.45, 7) is 3.83. The number of nitrogens with zero attached hydrogens (tertiary/aromatic N) is 1. The third kappa shape index (κ3) is 4.15. The molecule has 0 aromatic heterocycles. The van der Waals surface area contributed by atoms with Gasteiger partial charge in [-0.15, -0.1) is 0 Å². The smallest absolute Gasteiger partial charge is 0.255 e. The van der Waals surface area contributed by atoms with Crippen molar-refractivity contribution in [3.8, 4) is 5.75 Å². The predicted octanol–water partition coefficient (Wildman–Crippen LogP) is 5.58. The van der Waals surface area contributed by atoms with Crippen molar-refractivity contribution < 1.29 is 9.53 Å². The molecule has 0 aliphatic carbocycles. The number of fused-ring (bicyclic) bond motifs is 1. The molecule has 4 rings (SSSR count). The summed E-state index contributed by atoms with van der Waals surface area (Å²) in [6, 6.07) is 20.2. The highest BCUT2D eigenvalue weighted by Gasteiger charge is 2.17. The molecule has 1 heterocycles. The van der Waals surface area contributed by atoms with E-state index in [0.29, 0.717) is 17.0 Å². The SMILES string of the molecule is COc1cc(Br)cc(C)c1NC(=O)c1ccc(N2CCc3ccccc3C2)cc1. The molecule has 5 heteroatoms. The Morgan fingerprint density at radius 2 is 1.79 bits per heavy atom. The van der Waals surface area contributed by atoms with Gasteiger partial charge in [0.05, 0.1) is 12.8 Å². The van der Waals surface area contributed by atoms with E-state index in [1.165, 1.54) is 11.1 Å². The number of aryl methyl sites for hydroxylation is 1. The van der Waals surface area contributed by atoms with Crippen LogP contribution in [0, 0.1) is 6.92 Å². The fourth-order valence-electron chi connectivity index (χ4n) is 3.76. The van der Waals surface area contributed by atoms with Crippen molar-refractivity contribution in [2.24, 2.45) is 0 Å². The van der Waals surface area contributed by atoms with Gasteiger partial charge in [0.1, 0.15) is 5.75 Å². The minimum Gasteiger partial charge on any atom is -0.495 e. The van der Waals surface area contributed by atoms with Gasteiger partial charge >= 0.3 is 0 Å². The van der Waals surface area contributed by atoms with Gasteiger partial charge < -0.3 is 15.0 Å². The molecule has 3 aromatic carbocycles. The molecule has 4 nitrogen and oxygen atoms in total. The van der Waals surface area contributed by atoms with Gasteiger partial charge in [-0.05, 0) is 66.4 Å². The van der Waals surface area contributed by atoms with Gasteiger partial charge in [0, 0.05) is 28.8 Å². The van der Waals surface area contributed by atoms with Crippen LogP contribution < -0.4 is 15.0 Å². The first kappa shape index (κ1) is 19.5. The van der Waals surface area contributed by atoms with E-state index in [9.17, 15) is 4.79 Å². The van der Waals surface area contributed by atoms with E-state index in [2.05, 4.69) is 50.4 Å². The molecular weight excluding hydrogens is 428 g/mol. The van der Waals surface area contributed by atoms with E-state index < -0.39 is 0 Å². The van der Waals surface area contributed by atoms with Crippen LogP contribution in [0.25, 0.3) is 0 Å². The van der Waals surface area contributed by atoms with Crippen LogP contribution in [-0.4, -0.2) is 19.6 Å². The average Bonchev–Trinajstić information content (AvgIpc) is 2.75. The Kier molecular flexibility index (Phi) is 5.58. The lowest BCUT2D eigenvalue weighted by molar-refractivity contribution is 0.102. The van der Waals surface area contributed by atoms with Crippen molar-refractivity contribution in [1.82, 2.24) is 0 Å². The molecule has 0 unspecified atom stereocenters. The zero-order chi connectivity index (χ0) is 20.4. The maximum absolute atomic E-state index is 12.8. The van der Waals surface area contributed by atoms with Crippen molar-refractivity contribution in [2.45, 2.75) is 19.9 Å². The maximum Gasteiger partial charge on any atom is 0.255 e. The van der Waals surface area contributed by atoms with Crippen LogP contribution in [0.5, 0.6) is 5.75 Å². The van der Waals surface area contributed by atoms with Gasteiger partial charge in [0.25, 0.3) is 5.91 Å². The summed E-state index contributed by atoms with van der Waals surface area (Å²) in [5, 5.41) is 2.99. The number of hydrogen-bond donors (Lipinski definition) is 1. The molecule has 0 spiro atoms. The monoisotopic (exact) mass is 450 g/mol. The lowest BCUT2D eigenvalue weighted by Crippen LogP contribution is -2.30. The third-order valence-electron chi connectivity index (χ3n) is 5.35. The molecule has 29 heavy (non-hydrogen) atoms. The van der Waals surface area contributed by atoms with Crippen LogP contribution in [0.15, 0.2) is 65.1 Å². The second-order valence-corrected chi connectivity index (χ2v) is 8.16. The zero-order valence-corrected chi connectivity index (χ0v) is 18.1. The van der Waals surface area contributed by atoms with Gasteiger partial charge in [-0.1, -0.05) is 40.2 Å². The van der Waals surface area contributed by atoms with Crippen LogP contribution in [0.3, 0.4) is 0 Å². The number of carbonyl (C=O) groups excluding carboxylic acids is 1. The standard InChI is InChI=1S/C24H23BrN2O2/c1-16-13-20(25)14-22(29-2)23(16)26-24(28)18-7-9-21(10-8-18)27-12-11-17-5-3-4-6-19(17)15-27/h3-10,13-14H,11-12,15H2,1-2H3,(H,26,28). The Hall–Kier alpha value is -2.79. The number of ether oxygens (including phenoxy) is 1. The second kappa shape index (κ2) is 8.29. The van der Waals surface area contributed by atoms with Gasteiger partial charge in [0.15, 0.2) is 0 Å². The van der Waals surface area contributed by atoms with Gasteiger partial charge in [-0.2, -0.15) is 0 Å². The zero-order valence-electron chi connectivity index (χ0n) is 16.5. The number of halogens is 1. The minimum atomic E-state index is -0.149. The summed E-state index contributed by atoms with van der Waals surface area (Å²) in [7, 11) is 1.60. The van der Waals surface area contributed by atoms with Crippen LogP contribution in [-0.2, 0) is 13.0 Å². The third-order valence-corrected chi connectivity index (χ3v) is 5.81. The Labute approximate surface area is 179 Å².